The lowest BCUT2D eigenvalue weighted by atomic mass is 9.69. The van der Waals surface area contributed by atoms with Gasteiger partial charge in [-0.3, -0.25) is 4.79 Å². The highest BCUT2D eigenvalue weighted by Gasteiger charge is 2.35. The lowest BCUT2D eigenvalue weighted by Gasteiger charge is -2.36. The molecular formula is C33H30N2O3S. The molecule has 0 aliphatic heterocycles. The minimum atomic E-state index is -0.483. The number of nitrogens with zero attached hydrogens (tertiary/aromatic N) is 1. The first-order valence-electron chi connectivity index (χ1n) is 13.2. The topological polar surface area (TPSA) is 72.0 Å². The predicted octanol–water partition coefficient (Wildman–Crippen LogP) is 7.97. The number of esters is 1. The summed E-state index contributed by atoms with van der Waals surface area (Å²) < 4.78 is 5.75. The summed E-state index contributed by atoms with van der Waals surface area (Å²) in [5.74, 6) is -0.402. The van der Waals surface area contributed by atoms with Crippen molar-refractivity contribution in [1.82, 2.24) is 9.97 Å². The van der Waals surface area contributed by atoms with Crippen molar-refractivity contribution in [2.45, 2.75) is 33.6 Å². The molecule has 0 radical (unpaired) electrons. The molecule has 1 aliphatic carbocycles. The van der Waals surface area contributed by atoms with Gasteiger partial charge in [0.1, 0.15) is 0 Å². The number of rotatable bonds is 5. The molecule has 0 bridgehead atoms. The number of allylic oxidation sites excluding steroid dienone is 1. The Bertz CT molecular complexity index is 1740. The van der Waals surface area contributed by atoms with Gasteiger partial charge >= 0.3 is 5.97 Å². The summed E-state index contributed by atoms with van der Waals surface area (Å²) in [5.41, 5.74) is 5.60. The molecule has 6 heteroatoms. The minimum Gasteiger partial charge on any atom is -0.454 e. The molecule has 0 amide bonds. The van der Waals surface area contributed by atoms with Crippen LogP contribution in [0.5, 0.6) is 0 Å². The summed E-state index contributed by atoms with van der Waals surface area (Å²) >= 11 is 1.69. The van der Waals surface area contributed by atoms with Crippen LogP contribution in [0.15, 0.2) is 72.2 Å². The zero-order chi connectivity index (χ0) is 27.1. The van der Waals surface area contributed by atoms with Gasteiger partial charge in [0.25, 0.3) is 0 Å². The normalized spacial score (nSPS) is 16.5. The monoisotopic (exact) mass is 534 g/mol. The van der Waals surface area contributed by atoms with E-state index in [1.165, 1.54) is 0 Å². The number of Topliss-reactive ketones (excluding diaryl/α,β-unsaturated/α-hetero) is 1. The molecule has 0 saturated heterocycles. The Hall–Kier alpha value is -4.03. The molecule has 2 aromatic carbocycles. The van der Waals surface area contributed by atoms with Crippen LogP contribution in [0.25, 0.3) is 33.5 Å². The lowest BCUT2D eigenvalue weighted by molar-refractivity contribution is 0.0475. The maximum absolute atomic E-state index is 13.8. The minimum absolute atomic E-state index is 0.0321. The first-order chi connectivity index (χ1) is 18.8. The maximum Gasteiger partial charge on any atom is 0.339 e. The van der Waals surface area contributed by atoms with Crippen LogP contribution in [0.4, 0.5) is 0 Å². The second-order valence-electron chi connectivity index (χ2n) is 11.2. The average molecular weight is 535 g/mol. The molecule has 1 aliphatic rings. The van der Waals surface area contributed by atoms with E-state index in [1.54, 1.807) is 17.5 Å². The number of nitrogens with one attached hydrogen (secondary N) is 1. The highest BCUT2D eigenvalue weighted by molar-refractivity contribution is 7.10. The lowest BCUT2D eigenvalue weighted by Crippen LogP contribution is -2.29. The van der Waals surface area contributed by atoms with Crippen LogP contribution in [0.2, 0.25) is 0 Å². The van der Waals surface area contributed by atoms with Gasteiger partial charge in [0.05, 0.1) is 16.8 Å². The fraction of sp³-hybridized carbons (Fsp3) is 0.242. The molecule has 3 heterocycles. The molecule has 196 valence electrons. The van der Waals surface area contributed by atoms with Crippen molar-refractivity contribution in [1.29, 1.82) is 0 Å². The number of fused-ring (bicyclic) bond motifs is 3. The summed E-state index contributed by atoms with van der Waals surface area (Å²) in [7, 11) is 0. The van der Waals surface area contributed by atoms with Crippen LogP contribution >= 0.6 is 11.3 Å². The Balaban J connectivity index is 1.41. The molecule has 5 aromatic rings. The number of aromatic amines is 1. The van der Waals surface area contributed by atoms with Gasteiger partial charge in [-0.25, -0.2) is 9.78 Å². The number of carbonyl (C=O) groups is 2. The van der Waals surface area contributed by atoms with E-state index in [2.05, 4.69) is 43.3 Å². The number of ketones is 1. The summed E-state index contributed by atoms with van der Waals surface area (Å²) in [6.45, 7) is 6.42. The van der Waals surface area contributed by atoms with Crippen molar-refractivity contribution >= 4 is 56.5 Å². The second-order valence-corrected chi connectivity index (χ2v) is 12.2. The largest absolute Gasteiger partial charge is 0.454 e. The Morgan fingerprint density at radius 3 is 2.56 bits per heavy atom. The third-order valence-corrected chi connectivity index (χ3v) is 8.55. The smallest absolute Gasteiger partial charge is 0.339 e. The van der Waals surface area contributed by atoms with Crippen LogP contribution in [0.3, 0.4) is 0 Å². The third-order valence-electron chi connectivity index (χ3n) is 7.73. The Morgan fingerprint density at radius 1 is 1.03 bits per heavy atom. The molecule has 6 rings (SSSR count). The highest BCUT2D eigenvalue weighted by Crippen LogP contribution is 2.45. The van der Waals surface area contributed by atoms with Crippen molar-refractivity contribution in [3.63, 3.8) is 0 Å². The van der Waals surface area contributed by atoms with E-state index in [1.807, 2.05) is 54.6 Å². The number of pyridine rings is 1. The molecule has 39 heavy (non-hydrogen) atoms. The van der Waals surface area contributed by atoms with Crippen molar-refractivity contribution in [3.8, 4) is 0 Å². The highest BCUT2D eigenvalue weighted by atomic mass is 32.1. The number of H-pyrrole nitrogens is 1. The summed E-state index contributed by atoms with van der Waals surface area (Å²) in [6, 6.07) is 19.5. The van der Waals surface area contributed by atoms with Crippen LogP contribution < -0.4 is 0 Å². The molecule has 3 aromatic heterocycles. The fourth-order valence-electron chi connectivity index (χ4n) is 5.50. The summed E-state index contributed by atoms with van der Waals surface area (Å²) in [4.78, 5) is 36.3. The maximum atomic E-state index is 13.8. The van der Waals surface area contributed by atoms with E-state index in [0.29, 0.717) is 17.0 Å². The van der Waals surface area contributed by atoms with Gasteiger partial charge in [-0.2, -0.15) is 0 Å². The van der Waals surface area contributed by atoms with Gasteiger partial charge in [-0.1, -0.05) is 63.2 Å². The third kappa shape index (κ3) is 4.81. The Morgan fingerprint density at radius 2 is 1.79 bits per heavy atom. The average Bonchev–Trinajstić information content (AvgIpc) is 3.60. The molecular weight excluding hydrogens is 504 g/mol. The van der Waals surface area contributed by atoms with E-state index < -0.39 is 5.97 Å². The summed E-state index contributed by atoms with van der Waals surface area (Å²) in [6.07, 6.45) is 5.49. The quantitative estimate of drug-likeness (QED) is 0.183. The van der Waals surface area contributed by atoms with Gasteiger partial charge in [-0.05, 0) is 65.0 Å². The van der Waals surface area contributed by atoms with E-state index in [9.17, 15) is 9.59 Å². The number of hydrogen-bond acceptors (Lipinski definition) is 5. The Labute approximate surface area is 231 Å². The number of hydrogen-bond donors (Lipinski definition) is 1. The second kappa shape index (κ2) is 9.93. The van der Waals surface area contributed by atoms with Gasteiger partial charge in [-0.15, -0.1) is 11.3 Å². The van der Waals surface area contributed by atoms with Gasteiger partial charge in [0, 0.05) is 32.9 Å². The molecule has 0 unspecified atom stereocenters. The molecule has 1 atom stereocenters. The van der Waals surface area contributed by atoms with Crippen LogP contribution in [-0.2, 0) is 11.2 Å². The number of thiophene rings is 1. The number of carbonyl (C=O) groups excluding carboxylic acids is 2. The summed E-state index contributed by atoms with van der Waals surface area (Å²) in [5, 5.41) is 3.64. The van der Waals surface area contributed by atoms with Crippen LogP contribution in [-0.4, -0.2) is 28.3 Å². The van der Waals surface area contributed by atoms with Crippen molar-refractivity contribution in [3.05, 3.63) is 99.5 Å². The zero-order valence-electron chi connectivity index (χ0n) is 22.3. The van der Waals surface area contributed by atoms with Crippen molar-refractivity contribution < 1.29 is 14.3 Å². The first-order valence-corrected chi connectivity index (χ1v) is 14.1. The zero-order valence-corrected chi connectivity index (χ0v) is 23.1. The van der Waals surface area contributed by atoms with E-state index in [-0.39, 0.29) is 17.8 Å². The van der Waals surface area contributed by atoms with Gasteiger partial charge in [0.2, 0.25) is 5.78 Å². The molecule has 1 N–H and O–H groups in total. The molecule has 0 spiro atoms. The standard InChI is InChI=1S/C33H30N2O3S/c1-33(2,3)21-15-20(16-22-9-8-14-39-22)31-25(17-21)30(24-11-5-7-13-28(24)35-31)32(37)38-19-29(36)26-18-34-27-12-6-4-10-23(26)27/h4-14,16,18,21,34H,15,17,19H2,1-3H3/b20-16-/t21-/m0/s1. The van der Waals surface area contributed by atoms with Gasteiger partial charge in [0.15, 0.2) is 6.61 Å². The molecule has 5 nitrogen and oxygen atoms in total. The number of para-hydroxylation sites is 2. The van der Waals surface area contributed by atoms with E-state index in [0.717, 1.165) is 56.4 Å². The molecule has 0 fully saturated rings. The van der Waals surface area contributed by atoms with E-state index >= 15 is 0 Å². The Kier molecular flexibility index (Phi) is 6.43. The van der Waals surface area contributed by atoms with E-state index in [4.69, 9.17) is 9.72 Å². The van der Waals surface area contributed by atoms with Crippen molar-refractivity contribution in [2.75, 3.05) is 6.61 Å². The van der Waals surface area contributed by atoms with Gasteiger partial charge < -0.3 is 9.72 Å². The van der Waals surface area contributed by atoms with Crippen LogP contribution in [0.1, 0.15) is 64.0 Å². The van der Waals surface area contributed by atoms with Crippen LogP contribution in [0, 0.1) is 11.3 Å². The molecule has 0 saturated carbocycles. The number of benzene rings is 2. The SMILES string of the molecule is CC(C)(C)[C@H]1C/C(=C/c2cccs2)c2nc3ccccc3c(C(=O)OCC(=O)c3c[nH]c4ccccc34)c2C1. The number of ether oxygens (including phenoxy) is 1. The predicted molar refractivity (Wildman–Crippen MR) is 158 cm³/mol. The fourth-order valence-corrected chi connectivity index (χ4v) is 6.18. The number of aromatic nitrogens is 2. The van der Waals surface area contributed by atoms with Crippen molar-refractivity contribution in [2.24, 2.45) is 11.3 Å². The first kappa shape index (κ1) is 25.3.